The van der Waals surface area contributed by atoms with Gasteiger partial charge in [0, 0.05) is 19.8 Å². The van der Waals surface area contributed by atoms with E-state index in [1.54, 1.807) is 19.3 Å². The highest BCUT2D eigenvalue weighted by Crippen LogP contribution is 2.38. The van der Waals surface area contributed by atoms with Crippen LogP contribution in [0.3, 0.4) is 0 Å². The van der Waals surface area contributed by atoms with Crippen LogP contribution in [0.2, 0.25) is 0 Å². The van der Waals surface area contributed by atoms with Crippen LogP contribution < -0.4 is 15.5 Å². The number of nitrogens with one attached hydrogen (secondary N) is 2. The van der Waals surface area contributed by atoms with Crippen molar-refractivity contribution in [3.05, 3.63) is 48.0 Å². The van der Waals surface area contributed by atoms with Crippen LogP contribution in [0.15, 0.2) is 42.3 Å². The summed E-state index contributed by atoms with van der Waals surface area (Å²) in [6, 6.07) is 12.0. The standard InChI is InChI=1S/C16H16N6/c1-3-22-14-7-5-4-6-13(14)20-15(22)11(10-17)12-8-9-19-16(18-2)21-12/h4-9,20H,3H2,1-2H3,(H,18,19,21)/b15-11+. The maximum atomic E-state index is 9.64. The number of nitrogens with zero attached hydrogens (tertiary/aromatic N) is 4. The van der Waals surface area contributed by atoms with E-state index in [0.717, 1.165) is 23.7 Å². The number of hydrogen-bond donors (Lipinski definition) is 2. The molecule has 1 aliphatic rings. The first-order valence-corrected chi connectivity index (χ1v) is 7.07. The van der Waals surface area contributed by atoms with E-state index >= 15 is 0 Å². The summed E-state index contributed by atoms with van der Waals surface area (Å²) in [5.74, 6) is 1.25. The normalized spacial score (nSPS) is 14.9. The molecular formula is C16H16N6. The number of anilines is 3. The van der Waals surface area contributed by atoms with E-state index in [1.165, 1.54) is 0 Å². The smallest absolute Gasteiger partial charge is 0.222 e. The number of fused-ring (bicyclic) bond motifs is 1. The SMILES string of the molecule is CCN1/C(=C(\C#N)c2ccnc(NC)n2)Nc2ccccc21. The zero-order valence-electron chi connectivity index (χ0n) is 12.5. The second-order valence-electron chi connectivity index (χ2n) is 4.74. The topological polar surface area (TPSA) is 76.9 Å². The van der Waals surface area contributed by atoms with Crippen LogP contribution in [0.25, 0.3) is 5.57 Å². The van der Waals surface area contributed by atoms with Crippen molar-refractivity contribution < 1.29 is 0 Å². The largest absolute Gasteiger partial charge is 0.357 e. The van der Waals surface area contributed by atoms with Crippen LogP contribution in [0.1, 0.15) is 12.6 Å². The van der Waals surface area contributed by atoms with Gasteiger partial charge in [-0.05, 0) is 25.1 Å². The molecule has 6 heteroatoms. The Morgan fingerprint density at radius 2 is 2.18 bits per heavy atom. The number of para-hydroxylation sites is 2. The maximum Gasteiger partial charge on any atom is 0.222 e. The van der Waals surface area contributed by atoms with Gasteiger partial charge in [0.15, 0.2) is 0 Å². The zero-order chi connectivity index (χ0) is 15.5. The molecule has 0 fully saturated rings. The molecule has 2 N–H and O–H groups in total. The van der Waals surface area contributed by atoms with Crippen LogP contribution in [-0.2, 0) is 0 Å². The number of allylic oxidation sites excluding steroid dienone is 1. The monoisotopic (exact) mass is 292 g/mol. The molecule has 1 aromatic heterocycles. The molecule has 3 rings (SSSR count). The van der Waals surface area contributed by atoms with Gasteiger partial charge < -0.3 is 15.5 Å². The van der Waals surface area contributed by atoms with Gasteiger partial charge in [-0.2, -0.15) is 5.26 Å². The number of nitriles is 1. The van der Waals surface area contributed by atoms with E-state index in [2.05, 4.69) is 38.5 Å². The summed E-state index contributed by atoms with van der Waals surface area (Å²) in [6.45, 7) is 2.81. The Balaban J connectivity index is 2.13. The van der Waals surface area contributed by atoms with Gasteiger partial charge in [0.25, 0.3) is 0 Å². The van der Waals surface area contributed by atoms with Crippen LogP contribution in [0, 0.1) is 11.3 Å². The van der Waals surface area contributed by atoms with E-state index < -0.39 is 0 Å². The lowest BCUT2D eigenvalue weighted by Crippen LogP contribution is -2.21. The Kier molecular flexibility index (Phi) is 3.62. The Morgan fingerprint density at radius 3 is 2.91 bits per heavy atom. The average Bonchev–Trinajstić information content (AvgIpc) is 2.94. The van der Waals surface area contributed by atoms with Gasteiger partial charge in [0.2, 0.25) is 5.95 Å². The zero-order valence-corrected chi connectivity index (χ0v) is 12.5. The molecule has 0 spiro atoms. The van der Waals surface area contributed by atoms with Gasteiger partial charge in [-0.25, -0.2) is 9.97 Å². The number of rotatable bonds is 3. The molecule has 0 unspecified atom stereocenters. The summed E-state index contributed by atoms with van der Waals surface area (Å²) in [4.78, 5) is 10.5. The summed E-state index contributed by atoms with van der Waals surface area (Å²) in [5, 5.41) is 15.9. The fourth-order valence-electron chi connectivity index (χ4n) is 2.51. The molecule has 2 heterocycles. The first kappa shape index (κ1) is 13.9. The molecule has 1 aliphatic heterocycles. The van der Waals surface area contributed by atoms with Crippen molar-refractivity contribution in [3.8, 4) is 6.07 Å². The van der Waals surface area contributed by atoms with E-state index in [-0.39, 0.29) is 0 Å². The summed E-state index contributed by atoms with van der Waals surface area (Å²) >= 11 is 0. The lowest BCUT2D eigenvalue weighted by atomic mass is 10.2. The minimum atomic E-state index is 0.490. The second kappa shape index (κ2) is 5.74. The molecule has 0 saturated carbocycles. The van der Waals surface area contributed by atoms with Crippen LogP contribution >= 0.6 is 0 Å². The maximum absolute atomic E-state index is 9.64. The van der Waals surface area contributed by atoms with Crippen molar-refractivity contribution in [2.24, 2.45) is 0 Å². The van der Waals surface area contributed by atoms with Crippen molar-refractivity contribution in [3.63, 3.8) is 0 Å². The first-order valence-electron chi connectivity index (χ1n) is 7.07. The number of benzene rings is 1. The van der Waals surface area contributed by atoms with Crippen molar-refractivity contribution in [2.75, 3.05) is 29.1 Å². The lowest BCUT2D eigenvalue weighted by Gasteiger charge is -2.19. The molecule has 0 amide bonds. The average molecular weight is 292 g/mol. The molecule has 0 atom stereocenters. The minimum absolute atomic E-state index is 0.490. The molecule has 0 saturated heterocycles. The third-order valence-electron chi connectivity index (χ3n) is 3.52. The van der Waals surface area contributed by atoms with Gasteiger partial charge in [0.1, 0.15) is 17.5 Å². The fourth-order valence-corrected chi connectivity index (χ4v) is 2.51. The summed E-state index contributed by atoms with van der Waals surface area (Å²) in [7, 11) is 1.75. The third-order valence-corrected chi connectivity index (χ3v) is 3.52. The number of aromatic nitrogens is 2. The highest BCUT2D eigenvalue weighted by atomic mass is 15.3. The first-order chi connectivity index (χ1) is 10.8. The second-order valence-corrected chi connectivity index (χ2v) is 4.74. The van der Waals surface area contributed by atoms with Crippen LogP contribution in [0.4, 0.5) is 17.3 Å². The Labute approximate surface area is 129 Å². The van der Waals surface area contributed by atoms with Gasteiger partial charge >= 0.3 is 0 Å². The van der Waals surface area contributed by atoms with Gasteiger partial charge in [0.05, 0.1) is 17.1 Å². The van der Waals surface area contributed by atoms with E-state index in [4.69, 9.17) is 0 Å². The van der Waals surface area contributed by atoms with Crippen molar-refractivity contribution in [1.29, 1.82) is 5.26 Å². The highest BCUT2D eigenvalue weighted by Gasteiger charge is 2.26. The van der Waals surface area contributed by atoms with E-state index in [1.807, 2.05) is 24.3 Å². The minimum Gasteiger partial charge on any atom is -0.357 e. The van der Waals surface area contributed by atoms with E-state index in [9.17, 15) is 5.26 Å². The lowest BCUT2D eigenvalue weighted by molar-refractivity contribution is 0.990. The Morgan fingerprint density at radius 1 is 1.36 bits per heavy atom. The molecular weight excluding hydrogens is 276 g/mol. The van der Waals surface area contributed by atoms with Crippen LogP contribution in [0.5, 0.6) is 0 Å². The van der Waals surface area contributed by atoms with Gasteiger partial charge in [-0.3, -0.25) is 0 Å². The molecule has 0 bridgehead atoms. The molecule has 1 aromatic carbocycles. The molecule has 0 radical (unpaired) electrons. The molecule has 22 heavy (non-hydrogen) atoms. The summed E-state index contributed by atoms with van der Waals surface area (Å²) < 4.78 is 0. The predicted molar refractivity (Wildman–Crippen MR) is 87.2 cm³/mol. The number of hydrogen-bond acceptors (Lipinski definition) is 6. The highest BCUT2D eigenvalue weighted by molar-refractivity contribution is 5.90. The predicted octanol–water partition coefficient (Wildman–Crippen LogP) is 2.66. The molecule has 2 aromatic rings. The fraction of sp³-hybridized carbons (Fsp3) is 0.188. The van der Waals surface area contributed by atoms with Crippen molar-refractivity contribution in [1.82, 2.24) is 9.97 Å². The summed E-state index contributed by atoms with van der Waals surface area (Å²) in [5.41, 5.74) is 3.15. The third kappa shape index (κ3) is 2.23. The van der Waals surface area contributed by atoms with Crippen LogP contribution in [-0.4, -0.2) is 23.6 Å². The quantitative estimate of drug-likeness (QED) is 0.847. The van der Waals surface area contributed by atoms with Gasteiger partial charge in [-0.1, -0.05) is 12.1 Å². The molecule has 6 nitrogen and oxygen atoms in total. The van der Waals surface area contributed by atoms with Crippen molar-refractivity contribution >= 4 is 22.9 Å². The molecule has 0 aliphatic carbocycles. The molecule has 110 valence electrons. The van der Waals surface area contributed by atoms with Gasteiger partial charge in [-0.15, -0.1) is 0 Å². The Bertz CT molecular complexity index is 774. The van der Waals surface area contributed by atoms with E-state index in [0.29, 0.717) is 17.2 Å². The summed E-state index contributed by atoms with van der Waals surface area (Å²) in [6.07, 6.45) is 1.64. The van der Waals surface area contributed by atoms with Crippen molar-refractivity contribution in [2.45, 2.75) is 6.92 Å². The Hall–Kier alpha value is -3.07.